The molecule has 2 heterocycles. The Hall–Kier alpha value is -3.89. The van der Waals surface area contributed by atoms with E-state index in [1.54, 1.807) is 24.4 Å². The molecule has 11 heteroatoms. The van der Waals surface area contributed by atoms with Crippen molar-refractivity contribution in [2.75, 3.05) is 0 Å². The molecule has 0 bridgehead atoms. The van der Waals surface area contributed by atoms with E-state index in [1.807, 2.05) is 38.1 Å². The summed E-state index contributed by atoms with van der Waals surface area (Å²) in [6.45, 7) is 3.93. The second-order valence-corrected chi connectivity index (χ2v) is 9.14. The lowest BCUT2D eigenvalue weighted by Crippen LogP contribution is -2.64. The summed E-state index contributed by atoms with van der Waals surface area (Å²) in [4.78, 5) is 11.1. The third-order valence-electron chi connectivity index (χ3n) is 6.36. The fourth-order valence-corrected chi connectivity index (χ4v) is 4.40. The highest BCUT2D eigenvalue weighted by Crippen LogP contribution is 2.64. The molecule has 1 aliphatic carbocycles. The number of aromatic nitrogens is 3. The van der Waals surface area contributed by atoms with Gasteiger partial charge < -0.3 is 0 Å². The summed E-state index contributed by atoms with van der Waals surface area (Å²) in [5.41, 5.74) is 0.996. The summed E-state index contributed by atoms with van der Waals surface area (Å²) in [6, 6.07) is 15.4. The third-order valence-corrected chi connectivity index (χ3v) is 6.36. The van der Waals surface area contributed by atoms with Crippen molar-refractivity contribution in [3.63, 3.8) is 0 Å². The molecule has 2 aromatic heterocycles. The van der Waals surface area contributed by atoms with Gasteiger partial charge >= 0.3 is 23.7 Å². The molecule has 0 atom stereocenters. The van der Waals surface area contributed by atoms with Crippen LogP contribution in [0.4, 0.5) is 35.1 Å². The van der Waals surface area contributed by atoms with Gasteiger partial charge in [-0.1, -0.05) is 41.5 Å². The van der Waals surface area contributed by atoms with Crippen LogP contribution in [0.3, 0.4) is 0 Å². The van der Waals surface area contributed by atoms with Gasteiger partial charge in [-0.2, -0.15) is 35.1 Å². The monoisotopic (exact) mass is 535 g/mol. The van der Waals surface area contributed by atoms with Crippen LogP contribution in [-0.4, -0.2) is 26.8 Å². The zero-order valence-corrected chi connectivity index (χ0v) is 19.7. The maximum absolute atomic E-state index is 14.4. The second kappa shape index (κ2) is 8.31. The Bertz CT molecular complexity index is 1530. The first-order valence-corrected chi connectivity index (χ1v) is 11.2. The lowest BCUT2D eigenvalue weighted by Gasteiger charge is -2.41. The first-order valence-electron chi connectivity index (χ1n) is 11.2. The minimum absolute atomic E-state index is 0.0277. The van der Waals surface area contributed by atoms with E-state index in [4.69, 9.17) is 0 Å². The van der Waals surface area contributed by atoms with E-state index in [9.17, 15) is 35.1 Å². The Morgan fingerprint density at radius 3 is 1.79 bits per heavy atom. The van der Waals surface area contributed by atoms with Gasteiger partial charge in [0.1, 0.15) is 5.69 Å². The Labute approximate surface area is 211 Å². The number of alkyl halides is 8. The summed E-state index contributed by atoms with van der Waals surface area (Å²) < 4.78 is 112. The van der Waals surface area contributed by atoms with Gasteiger partial charge in [0.05, 0.1) is 11.3 Å². The van der Waals surface area contributed by atoms with E-state index < -0.39 is 40.8 Å². The highest BCUT2D eigenvalue weighted by Gasteiger charge is 2.86. The van der Waals surface area contributed by atoms with Crippen molar-refractivity contribution in [3.05, 3.63) is 89.4 Å². The molecule has 0 amide bonds. The molecule has 196 valence electrons. The molecule has 0 aliphatic heterocycles. The van der Waals surface area contributed by atoms with Gasteiger partial charge in [-0.3, -0.25) is 4.98 Å². The number of aryl methyl sites for hydroxylation is 2. The quantitative estimate of drug-likeness (QED) is 0.250. The number of hydrogen-bond acceptors (Lipinski definition) is 3. The summed E-state index contributed by atoms with van der Waals surface area (Å²) in [6.07, 6.45) is 1.66. The molecule has 0 saturated heterocycles. The number of nitrogens with zero attached hydrogens (tertiary/aromatic N) is 3. The van der Waals surface area contributed by atoms with Gasteiger partial charge in [0.15, 0.2) is 5.82 Å². The van der Waals surface area contributed by atoms with Gasteiger partial charge in [-0.25, -0.2) is 9.97 Å². The Kier molecular flexibility index (Phi) is 5.63. The van der Waals surface area contributed by atoms with Crippen molar-refractivity contribution >= 4 is 0 Å². The predicted octanol–water partition coefficient (Wildman–Crippen LogP) is 7.96. The Balaban J connectivity index is 1.52. The molecule has 3 nitrogen and oxygen atoms in total. The van der Waals surface area contributed by atoms with Crippen LogP contribution < -0.4 is 0 Å². The summed E-state index contributed by atoms with van der Waals surface area (Å²) in [5.74, 6) is -24.6. The molecule has 0 saturated carbocycles. The maximum atomic E-state index is 14.4. The van der Waals surface area contributed by atoms with Crippen molar-refractivity contribution in [1.29, 1.82) is 0 Å². The zero-order chi connectivity index (χ0) is 27.7. The van der Waals surface area contributed by atoms with Crippen LogP contribution in [0.15, 0.2) is 67.0 Å². The minimum Gasteiger partial charge on any atom is -0.256 e. The molecule has 0 radical (unpaired) electrons. The number of fused-ring (bicyclic) bond motifs is 1. The molecule has 0 unspecified atom stereocenters. The van der Waals surface area contributed by atoms with E-state index in [2.05, 4.69) is 15.0 Å². The van der Waals surface area contributed by atoms with Crippen molar-refractivity contribution in [2.24, 2.45) is 0 Å². The fourth-order valence-electron chi connectivity index (χ4n) is 4.40. The Morgan fingerprint density at radius 1 is 0.579 bits per heavy atom. The van der Waals surface area contributed by atoms with Crippen LogP contribution >= 0.6 is 0 Å². The first-order chi connectivity index (χ1) is 17.7. The molecule has 4 aromatic rings. The molecule has 1 aliphatic rings. The number of hydrogen-bond donors (Lipinski definition) is 0. The zero-order valence-electron chi connectivity index (χ0n) is 19.7. The maximum Gasteiger partial charge on any atom is 0.384 e. The minimum atomic E-state index is -6.37. The lowest BCUT2D eigenvalue weighted by atomic mass is 9.83. The molecule has 2 aromatic carbocycles. The van der Waals surface area contributed by atoms with Gasteiger partial charge in [0.2, 0.25) is 0 Å². The molecular formula is C27H17F8N3. The van der Waals surface area contributed by atoms with E-state index in [-0.39, 0.29) is 11.8 Å². The van der Waals surface area contributed by atoms with Gasteiger partial charge in [0.25, 0.3) is 0 Å². The number of pyridine rings is 1. The molecule has 0 spiro atoms. The van der Waals surface area contributed by atoms with Gasteiger partial charge in [-0.05, 0) is 49.2 Å². The normalized spacial score (nSPS) is 18.6. The average molecular weight is 535 g/mol. The fraction of sp³-hybridized carbons (Fsp3) is 0.222. The summed E-state index contributed by atoms with van der Waals surface area (Å²) >= 11 is 0. The average Bonchev–Trinajstić information content (AvgIpc) is 2.87. The van der Waals surface area contributed by atoms with Gasteiger partial charge in [-0.15, -0.1) is 0 Å². The van der Waals surface area contributed by atoms with Crippen LogP contribution in [0.5, 0.6) is 0 Å². The smallest absolute Gasteiger partial charge is 0.256 e. The number of benzene rings is 2. The van der Waals surface area contributed by atoms with E-state index >= 15 is 0 Å². The van der Waals surface area contributed by atoms with E-state index in [0.29, 0.717) is 11.3 Å². The number of rotatable bonds is 3. The van der Waals surface area contributed by atoms with Crippen LogP contribution in [0, 0.1) is 13.8 Å². The topological polar surface area (TPSA) is 38.7 Å². The second-order valence-electron chi connectivity index (χ2n) is 9.14. The highest BCUT2D eigenvalue weighted by molar-refractivity contribution is 5.72. The van der Waals surface area contributed by atoms with E-state index in [1.165, 1.54) is 12.1 Å². The predicted molar refractivity (Wildman–Crippen MR) is 123 cm³/mol. The van der Waals surface area contributed by atoms with Crippen molar-refractivity contribution in [3.8, 4) is 33.8 Å². The van der Waals surface area contributed by atoms with Crippen molar-refractivity contribution in [2.45, 2.75) is 37.5 Å². The largest absolute Gasteiger partial charge is 0.384 e. The number of halogens is 8. The third kappa shape index (κ3) is 3.66. The molecule has 5 rings (SSSR count). The highest BCUT2D eigenvalue weighted by atomic mass is 19.4. The SMILES string of the molecule is Cc1cc(C)cc(-c2cc(-c3ccc(-c4ncc5c(n4)C(F)(F)C(F)(F)C(F)(F)C5(F)F)cc3)ccn2)c1. The molecule has 0 N–H and O–H groups in total. The molecule has 38 heavy (non-hydrogen) atoms. The standard InChI is InChI=1S/C27H17F8N3/c1-14-9-15(2)11-19(10-14)21-12-18(7-8-36-21)16-3-5-17(6-4-16)23-37-13-20-22(38-23)25(30,31)27(34,35)26(32,33)24(20,28)29/h3-13H,1-2H3. The van der Waals surface area contributed by atoms with Gasteiger partial charge in [0, 0.05) is 23.5 Å². The first kappa shape index (κ1) is 25.7. The molecule has 0 fully saturated rings. The summed E-state index contributed by atoms with van der Waals surface area (Å²) in [5, 5.41) is 0. The van der Waals surface area contributed by atoms with Crippen molar-refractivity contribution < 1.29 is 35.1 Å². The van der Waals surface area contributed by atoms with Crippen molar-refractivity contribution in [1.82, 2.24) is 15.0 Å². The van der Waals surface area contributed by atoms with Crippen LogP contribution in [0.2, 0.25) is 0 Å². The van der Waals surface area contributed by atoms with Crippen LogP contribution in [0.1, 0.15) is 22.4 Å². The van der Waals surface area contributed by atoms with Crippen LogP contribution in [-0.2, 0) is 11.8 Å². The summed E-state index contributed by atoms with van der Waals surface area (Å²) in [7, 11) is 0. The molecular weight excluding hydrogens is 518 g/mol. The van der Waals surface area contributed by atoms with Crippen LogP contribution in [0.25, 0.3) is 33.8 Å². The van der Waals surface area contributed by atoms with E-state index in [0.717, 1.165) is 22.3 Å². The Morgan fingerprint density at radius 2 is 1.16 bits per heavy atom. The lowest BCUT2D eigenvalue weighted by molar-refractivity contribution is -0.387.